The monoisotopic (exact) mass is 324 g/mol. The molecule has 3 rings (SSSR count). The molecule has 0 fully saturated rings. The van der Waals surface area contributed by atoms with Crippen LogP contribution in [0.5, 0.6) is 11.5 Å². The molecule has 0 aliphatic rings. The zero-order valence-electron chi connectivity index (χ0n) is 13.2. The van der Waals surface area contributed by atoms with E-state index in [0.29, 0.717) is 28.1 Å². The van der Waals surface area contributed by atoms with Gasteiger partial charge in [0.15, 0.2) is 11.5 Å². The molecule has 0 radical (unpaired) electrons. The molecule has 1 aromatic heterocycles. The highest BCUT2D eigenvalue weighted by Crippen LogP contribution is 2.30. The van der Waals surface area contributed by atoms with Crippen LogP contribution in [0.4, 0.5) is 0 Å². The first-order valence-corrected chi connectivity index (χ1v) is 7.24. The van der Waals surface area contributed by atoms with Gasteiger partial charge in [0.25, 0.3) is 5.56 Å². The van der Waals surface area contributed by atoms with Crippen LogP contribution in [0, 0.1) is 0 Å². The first-order valence-electron chi connectivity index (χ1n) is 7.24. The minimum Gasteiger partial charge on any atom is -0.507 e. The fourth-order valence-electron chi connectivity index (χ4n) is 2.35. The number of ether oxygens (including phenoxy) is 2. The average Bonchev–Trinajstić information content (AvgIpc) is 2.61. The number of methoxy groups -OCH3 is 2. The largest absolute Gasteiger partial charge is 0.507 e. The molecule has 0 atom stereocenters. The quantitative estimate of drug-likeness (QED) is 0.721. The zero-order chi connectivity index (χ0) is 17.1. The van der Waals surface area contributed by atoms with Crippen molar-refractivity contribution >= 4 is 22.9 Å². The molecule has 6 heteroatoms. The number of aromatic amines is 1. The SMILES string of the molecule is COc1ccc(/C(O)=C/c2nc3ccccc3[nH]c2=O)cc1OC. The van der Waals surface area contributed by atoms with Gasteiger partial charge in [-0.25, -0.2) is 4.98 Å². The minimum absolute atomic E-state index is 0.0933. The Morgan fingerprint density at radius 1 is 1.12 bits per heavy atom. The lowest BCUT2D eigenvalue weighted by molar-refractivity contribution is 0.354. The molecular weight excluding hydrogens is 308 g/mol. The Bertz CT molecular complexity index is 976. The van der Waals surface area contributed by atoms with Gasteiger partial charge in [-0.05, 0) is 30.3 Å². The van der Waals surface area contributed by atoms with Crippen molar-refractivity contribution in [3.05, 3.63) is 64.1 Å². The van der Waals surface area contributed by atoms with E-state index in [1.807, 2.05) is 12.1 Å². The van der Waals surface area contributed by atoms with Crippen LogP contribution in [0.25, 0.3) is 22.9 Å². The third-order valence-corrected chi connectivity index (χ3v) is 3.58. The number of para-hydroxylation sites is 2. The molecule has 122 valence electrons. The van der Waals surface area contributed by atoms with Crippen molar-refractivity contribution in [1.29, 1.82) is 0 Å². The Hall–Kier alpha value is -3.28. The second kappa shape index (κ2) is 6.45. The lowest BCUT2D eigenvalue weighted by Gasteiger charge is -2.09. The number of rotatable bonds is 4. The summed E-state index contributed by atoms with van der Waals surface area (Å²) in [4.78, 5) is 19.1. The van der Waals surface area contributed by atoms with Gasteiger partial charge < -0.3 is 19.6 Å². The molecule has 0 spiro atoms. The smallest absolute Gasteiger partial charge is 0.274 e. The second-order valence-electron chi connectivity index (χ2n) is 5.07. The maximum atomic E-state index is 12.1. The molecule has 24 heavy (non-hydrogen) atoms. The van der Waals surface area contributed by atoms with Crippen molar-refractivity contribution in [2.24, 2.45) is 0 Å². The topological polar surface area (TPSA) is 84.4 Å². The Balaban J connectivity index is 2.05. The first kappa shape index (κ1) is 15.6. The fraction of sp³-hybridized carbons (Fsp3) is 0.111. The van der Waals surface area contributed by atoms with E-state index in [9.17, 15) is 9.90 Å². The van der Waals surface area contributed by atoms with Gasteiger partial charge in [0.1, 0.15) is 11.5 Å². The molecule has 0 saturated carbocycles. The summed E-state index contributed by atoms with van der Waals surface area (Å²) < 4.78 is 10.4. The van der Waals surface area contributed by atoms with Crippen LogP contribution in [0.15, 0.2) is 47.3 Å². The van der Waals surface area contributed by atoms with Crippen LogP contribution in [0.2, 0.25) is 0 Å². The van der Waals surface area contributed by atoms with E-state index in [4.69, 9.17) is 9.47 Å². The molecule has 3 aromatic rings. The second-order valence-corrected chi connectivity index (χ2v) is 5.07. The molecule has 0 amide bonds. The number of aliphatic hydroxyl groups is 1. The number of benzene rings is 2. The number of hydrogen-bond acceptors (Lipinski definition) is 5. The number of aliphatic hydroxyl groups excluding tert-OH is 1. The van der Waals surface area contributed by atoms with Crippen LogP contribution >= 0.6 is 0 Å². The van der Waals surface area contributed by atoms with Crippen LogP contribution in [-0.4, -0.2) is 29.3 Å². The van der Waals surface area contributed by atoms with Gasteiger partial charge in [0.2, 0.25) is 0 Å². The van der Waals surface area contributed by atoms with Gasteiger partial charge in [0, 0.05) is 11.6 Å². The Morgan fingerprint density at radius 3 is 2.62 bits per heavy atom. The molecule has 6 nitrogen and oxygen atoms in total. The minimum atomic E-state index is -0.374. The predicted octanol–water partition coefficient (Wildman–Crippen LogP) is 3.00. The van der Waals surface area contributed by atoms with E-state index in [2.05, 4.69) is 9.97 Å². The summed E-state index contributed by atoms with van der Waals surface area (Å²) in [5.41, 5.74) is 1.53. The van der Waals surface area contributed by atoms with Crippen molar-refractivity contribution < 1.29 is 14.6 Å². The highest BCUT2D eigenvalue weighted by atomic mass is 16.5. The number of nitrogens with zero attached hydrogens (tertiary/aromatic N) is 1. The third kappa shape index (κ3) is 2.94. The van der Waals surface area contributed by atoms with Gasteiger partial charge in [-0.1, -0.05) is 12.1 Å². The van der Waals surface area contributed by atoms with E-state index < -0.39 is 0 Å². The Labute approximate surface area is 138 Å². The van der Waals surface area contributed by atoms with Crippen LogP contribution in [-0.2, 0) is 0 Å². The summed E-state index contributed by atoms with van der Waals surface area (Å²) in [6.45, 7) is 0. The maximum Gasteiger partial charge on any atom is 0.274 e. The summed E-state index contributed by atoms with van der Waals surface area (Å²) in [6.07, 6.45) is 1.33. The van der Waals surface area contributed by atoms with Crippen molar-refractivity contribution in [1.82, 2.24) is 9.97 Å². The highest BCUT2D eigenvalue weighted by molar-refractivity contribution is 5.79. The van der Waals surface area contributed by atoms with Crippen molar-refractivity contribution in [3.8, 4) is 11.5 Å². The van der Waals surface area contributed by atoms with Crippen LogP contribution in [0.1, 0.15) is 11.3 Å². The molecule has 2 N–H and O–H groups in total. The lowest BCUT2D eigenvalue weighted by atomic mass is 10.1. The van der Waals surface area contributed by atoms with Gasteiger partial charge in [0.05, 0.1) is 25.3 Å². The Kier molecular flexibility index (Phi) is 4.20. The average molecular weight is 324 g/mol. The van der Waals surface area contributed by atoms with E-state index in [1.54, 1.807) is 30.3 Å². The normalized spacial score (nSPS) is 11.5. The van der Waals surface area contributed by atoms with E-state index in [0.717, 1.165) is 0 Å². The number of nitrogens with one attached hydrogen (secondary N) is 1. The molecule has 0 saturated heterocycles. The summed E-state index contributed by atoms with van der Waals surface area (Å²) in [5, 5.41) is 10.3. The van der Waals surface area contributed by atoms with Gasteiger partial charge >= 0.3 is 0 Å². The van der Waals surface area contributed by atoms with E-state index >= 15 is 0 Å². The first-order chi connectivity index (χ1) is 11.6. The Morgan fingerprint density at radius 2 is 1.88 bits per heavy atom. The molecule has 1 heterocycles. The summed E-state index contributed by atoms with van der Waals surface area (Å²) >= 11 is 0. The maximum absolute atomic E-state index is 12.1. The van der Waals surface area contributed by atoms with Gasteiger partial charge in [-0.2, -0.15) is 0 Å². The van der Waals surface area contributed by atoms with E-state index in [1.165, 1.54) is 20.3 Å². The number of hydrogen-bond donors (Lipinski definition) is 2. The lowest BCUT2D eigenvalue weighted by Crippen LogP contribution is -2.12. The fourth-order valence-corrected chi connectivity index (χ4v) is 2.35. The molecule has 0 aliphatic heterocycles. The highest BCUT2D eigenvalue weighted by Gasteiger charge is 2.09. The van der Waals surface area contributed by atoms with Crippen molar-refractivity contribution in [2.45, 2.75) is 0 Å². The molecule has 0 bridgehead atoms. The summed E-state index contributed by atoms with van der Waals surface area (Å²) in [6, 6.07) is 12.2. The number of aromatic nitrogens is 2. The predicted molar refractivity (Wildman–Crippen MR) is 92.4 cm³/mol. The van der Waals surface area contributed by atoms with Crippen molar-refractivity contribution in [2.75, 3.05) is 14.2 Å². The van der Waals surface area contributed by atoms with Gasteiger partial charge in [-0.15, -0.1) is 0 Å². The molecule has 2 aromatic carbocycles. The van der Waals surface area contributed by atoms with E-state index in [-0.39, 0.29) is 17.0 Å². The number of fused-ring (bicyclic) bond motifs is 1. The van der Waals surface area contributed by atoms with Crippen LogP contribution < -0.4 is 15.0 Å². The molecule has 0 unspecified atom stereocenters. The summed E-state index contributed by atoms with van der Waals surface area (Å²) in [5.74, 6) is 0.940. The molecular formula is C18H16N2O4. The van der Waals surface area contributed by atoms with Gasteiger partial charge in [-0.3, -0.25) is 4.79 Å². The third-order valence-electron chi connectivity index (χ3n) is 3.58. The standard InChI is InChI=1S/C18H16N2O4/c1-23-16-8-7-11(9-17(16)24-2)15(21)10-14-18(22)20-13-6-4-3-5-12(13)19-14/h3-10,21H,1-2H3,(H,20,22)/b15-10-. The van der Waals surface area contributed by atoms with Crippen LogP contribution in [0.3, 0.4) is 0 Å². The van der Waals surface area contributed by atoms with Crippen molar-refractivity contribution in [3.63, 3.8) is 0 Å². The zero-order valence-corrected chi connectivity index (χ0v) is 13.2. The molecule has 0 aliphatic carbocycles. The summed E-state index contributed by atoms with van der Waals surface area (Å²) in [7, 11) is 3.05. The number of H-pyrrole nitrogens is 1.